The summed E-state index contributed by atoms with van der Waals surface area (Å²) in [5, 5.41) is 22.6. The van der Waals surface area contributed by atoms with Crippen molar-refractivity contribution in [1.82, 2.24) is 14.5 Å². The number of fused-ring (bicyclic) bond motifs is 1. The second-order valence-electron chi connectivity index (χ2n) is 6.24. The van der Waals surface area contributed by atoms with Gasteiger partial charge in [-0.2, -0.15) is 10.5 Å². The standard InChI is InChI=1S/C20H19N5O2S3/c1-2-25-19(27)17-14(15-6-3-11-28-15)12-29-18(17)23-20(25)30-13-16(26)24(9-4-7-21)10-5-8-22/h3,6,11-12H,2,4-5,9-10,13H2,1H3. The summed E-state index contributed by atoms with van der Waals surface area (Å²) in [6.45, 7) is 2.91. The Hall–Kier alpha value is -2.66. The van der Waals surface area contributed by atoms with Crippen molar-refractivity contribution in [2.75, 3.05) is 18.8 Å². The van der Waals surface area contributed by atoms with Crippen molar-refractivity contribution in [1.29, 1.82) is 10.5 Å². The maximum absolute atomic E-state index is 13.2. The Morgan fingerprint density at radius 3 is 2.60 bits per heavy atom. The zero-order chi connectivity index (χ0) is 21.5. The van der Waals surface area contributed by atoms with Gasteiger partial charge >= 0.3 is 0 Å². The van der Waals surface area contributed by atoms with Gasteiger partial charge in [0.05, 0.1) is 36.1 Å². The fraction of sp³-hybridized carbons (Fsp3) is 0.350. The van der Waals surface area contributed by atoms with Gasteiger partial charge in [0.1, 0.15) is 4.83 Å². The highest BCUT2D eigenvalue weighted by molar-refractivity contribution is 7.99. The molecular weight excluding hydrogens is 438 g/mol. The number of amides is 1. The molecule has 0 radical (unpaired) electrons. The molecule has 0 saturated heterocycles. The lowest BCUT2D eigenvalue weighted by molar-refractivity contribution is -0.128. The average molecular weight is 458 g/mol. The van der Waals surface area contributed by atoms with Gasteiger partial charge in [-0.3, -0.25) is 14.2 Å². The van der Waals surface area contributed by atoms with Crippen LogP contribution in [0.5, 0.6) is 0 Å². The van der Waals surface area contributed by atoms with E-state index < -0.39 is 0 Å². The van der Waals surface area contributed by atoms with E-state index in [1.165, 1.54) is 28.0 Å². The smallest absolute Gasteiger partial charge is 0.263 e. The van der Waals surface area contributed by atoms with Crippen LogP contribution in [0.2, 0.25) is 0 Å². The van der Waals surface area contributed by atoms with Gasteiger partial charge in [-0.25, -0.2) is 4.98 Å². The van der Waals surface area contributed by atoms with E-state index in [2.05, 4.69) is 4.98 Å². The molecule has 0 fully saturated rings. The Morgan fingerprint density at radius 2 is 2.00 bits per heavy atom. The first-order chi connectivity index (χ1) is 14.6. The van der Waals surface area contributed by atoms with Gasteiger partial charge in [-0.1, -0.05) is 17.8 Å². The fourth-order valence-electron chi connectivity index (χ4n) is 2.96. The molecule has 0 spiro atoms. The van der Waals surface area contributed by atoms with E-state index >= 15 is 0 Å². The van der Waals surface area contributed by atoms with Gasteiger partial charge in [-0.05, 0) is 18.4 Å². The van der Waals surface area contributed by atoms with Crippen molar-refractivity contribution in [2.45, 2.75) is 31.5 Å². The predicted molar refractivity (Wildman–Crippen MR) is 121 cm³/mol. The molecule has 0 N–H and O–H groups in total. The van der Waals surface area contributed by atoms with Gasteiger partial charge in [0.15, 0.2) is 5.16 Å². The number of rotatable bonds is 9. The van der Waals surface area contributed by atoms with E-state index in [1.54, 1.807) is 15.9 Å². The number of hydrogen-bond donors (Lipinski definition) is 0. The molecule has 30 heavy (non-hydrogen) atoms. The van der Waals surface area contributed by atoms with Crippen molar-refractivity contribution in [3.05, 3.63) is 33.2 Å². The molecule has 3 heterocycles. The molecule has 0 bridgehead atoms. The number of carbonyl (C=O) groups is 1. The van der Waals surface area contributed by atoms with Crippen LogP contribution in [0, 0.1) is 22.7 Å². The maximum Gasteiger partial charge on any atom is 0.263 e. The minimum atomic E-state index is -0.173. The lowest BCUT2D eigenvalue weighted by Crippen LogP contribution is -2.34. The van der Waals surface area contributed by atoms with Crippen LogP contribution in [0.15, 0.2) is 32.8 Å². The first-order valence-corrected chi connectivity index (χ1v) is 12.1. The molecule has 0 aliphatic carbocycles. The molecule has 7 nitrogen and oxygen atoms in total. The highest BCUT2D eigenvalue weighted by Crippen LogP contribution is 2.34. The lowest BCUT2D eigenvalue weighted by Gasteiger charge is -2.20. The number of aromatic nitrogens is 2. The molecule has 154 valence electrons. The SMILES string of the molecule is CCn1c(SCC(=O)N(CCC#N)CCC#N)nc2scc(-c3cccs3)c2c1=O. The Balaban J connectivity index is 1.86. The van der Waals surface area contributed by atoms with Crippen LogP contribution >= 0.6 is 34.4 Å². The number of nitriles is 2. The van der Waals surface area contributed by atoms with Crippen molar-refractivity contribution in [3.8, 4) is 22.6 Å². The van der Waals surface area contributed by atoms with E-state index in [9.17, 15) is 9.59 Å². The van der Waals surface area contributed by atoms with Crippen LogP contribution in [-0.2, 0) is 11.3 Å². The van der Waals surface area contributed by atoms with Crippen molar-refractivity contribution < 1.29 is 4.79 Å². The lowest BCUT2D eigenvalue weighted by atomic mass is 10.2. The van der Waals surface area contributed by atoms with Crippen LogP contribution in [0.3, 0.4) is 0 Å². The summed E-state index contributed by atoms with van der Waals surface area (Å²) in [5.41, 5.74) is 0.796. The zero-order valence-electron chi connectivity index (χ0n) is 16.3. The first kappa shape index (κ1) is 22.0. The molecule has 10 heteroatoms. The molecular formula is C20H19N5O2S3. The van der Waals surface area contributed by atoms with Gasteiger partial charge < -0.3 is 4.90 Å². The van der Waals surface area contributed by atoms with E-state index in [0.717, 1.165) is 10.4 Å². The Kier molecular flexibility index (Phi) is 7.63. The largest absolute Gasteiger partial charge is 0.340 e. The Bertz CT molecular complexity index is 1150. The average Bonchev–Trinajstić information content (AvgIpc) is 3.42. The number of carbonyl (C=O) groups excluding carboxylic acids is 1. The summed E-state index contributed by atoms with van der Waals surface area (Å²) < 4.78 is 1.60. The molecule has 0 atom stereocenters. The van der Waals surface area contributed by atoms with Crippen LogP contribution in [0.4, 0.5) is 0 Å². The van der Waals surface area contributed by atoms with Crippen LogP contribution < -0.4 is 5.56 Å². The summed E-state index contributed by atoms with van der Waals surface area (Å²) in [6, 6.07) is 7.99. The highest BCUT2D eigenvalue weighted by Gasteiger charge is 2.19. The van der Waals surface area contributed by atoms with E-state index in [-0.39, 0.29) is 30.1 Å². The second kappa shape index (κ2) is 10.4. The molecule has 3 aromatic heterocycles. The topological polar surface area (TPSA) is 103 Å². The summed E-state index contributed by atoms with van der Waals surface area (Å²) in [7, 11) is 0. The minimum absolute atomic E-state index is 0.0952. The first-order valence-electron chi connectivity index (χ1n) is 9.31. The quantitative estimate of drug-likeness (QED) is 0.356. The summed E-state index contributed by atoms with van der Waals surface area (Å²) in [4.78, 5) is 33.7. The molecule has 0 saturated carbocycles. The maximum atomic E-state index is 13.2. The molecule has 1 amide bonds. The number of hydrogen-bond acceptors (Lipinski definition) is 8. The van der Waals surface area contributed by atoms with Crippen LogP contribution in [0.1, 0.15) is 19.8 Å². The third kappa shape index (κ3) is 4.73. The molecule has 3 aromatic rings. The summed E-state index contributed by atoms with van der Waals surface area (Å²) in [5.74, 6) is -0.0780. The predicted octanol–water partition coefficient (Wildman–Crippen LogP) is 3.95. The molecule has 3 rings (SSSR count). The number of thiophene rings is 2. The van der Waals surface area contributed by atoms with Crippen molar-refractivity contribution >= 4 is 50.6 Å². The third-order valence-electron chi connectivity index (χ3n) is 4.43. The van der Waals surface area contributed by atoms with Crippen molar-refractivity contribution in [3.63, 3.8) is 0 Å². The second-order valence-corrected chi connectivity index (χ2v) is 8.98. The van der Waals surface area contributed by atoms with Gasteiger partial charge in [-0.15, -0.1) is 22.7 Å². The zero-order valence-corrected chi connectivity index (χ0v) is 18.8. The van der Waals surface area contributed by atoms with Crippen molar-refractivity contribution in [2.24, 2.45) is 0 Å². The molecule has 0 aliphatic heterocycles. The van der Waals surface area contributed by atoms with E-state index in [4.69, 9.17) is 10.5 Å². The van der Waals surface area contributed by atoms with Gasteiger partial charge in [0, 0.05) is 35.5 Å². The van der Waals surface area contributed by atoms with Crippen LogP contribution in [-0.4, -0.2) is 39.2 Å². The molecule has 0 aromatic carbocycles. The number of thioether (sulfide) groups is 1. The van der Waals surface area contributed by atoms with Crippen LogP contribution in [0.25, 0.3) is 20.7 Å². The number of nitrogens with zero attached hydrogens (tertiary/aromatic N) is 5. The van der Waals surface area contributed by atoms with Gasteiger partial charge in [0.25, 0.3) is 5.56 Å². The van der Waals surface area contributed by atoms with E-state index in [0.29, 0.717) is 35.0 Å². The highest BCUT2D eigenvalue weighted by atomic mass is 32.2. The minimum Gasteiger partial charge on any atom is -0.340 e. The normalized spacial score (nSPS) is 10.6. The third-order valence-corrected chi connectivity index (χ3v) is 7.16. The molecule has 0 aliphatic rings. The monoisotopic (exact) mass is 457 g/mol. The summed E-state index contributed by atoms with van der Waals surface area (Å²) in [6.07, 6.45) is 0.429. The van der Waals surface area contributed by atoms with Gasteiger partial charge in [0.2, 0.25) is 5.91 Å². The fourth-order valence-corrected chi connectivity index (χ4v) is 5.73. The Morgan fingerprint density at radius 1 is 1.27 bits per heavy atom. The van der Waals surface area contributed by atoms with E-state index in [1.807, 2.05) is 42.0 Å². The molecule has 0 unspecified atom stereocenters. The summed E-state index contributed by atoms with van der Waals surface area (Å²) >= 11 is 4.22. The Labute approximate surface area is 186 Å².